The van der Waals surface area contributed by atoms with Gasteiger partial charge in [-0.2, -0.15) is 9.50 Å². The normalized spacial score (nSPS) is 11.0. The topological polar surface area (TPSA) is 80.4 Å². The summed E-state index contributed by atoms with van der Waals surface area (Å²) in [6, 6.07) is 7.97. The molecular formula is C15H14N4O2. The fourth-order valence-electron chi connectivity index (χ4n) is 2.17. The highest BCUT2D eigenvalue weighted by Gasteiger charge is 2.12. The lowest BCUT2D eigenvalue weighted by atomic mass is 10.0. The van der Waals surface area contributed by atoms with Crippen LogP contribution in [-0.2, 0) is 11.2 Å². The predicted octanol–water partition coefficient (Wildman–Crippen LogP) is 2.04. The Morgan fingerprint density at radius 2 is 2.05 bits per heavy atom. The highest BCUT2D eigenvalue weighted by molar-refractivity contribution is 5.69. The summed E-state index contributed by atoms with van der Waals surface area (Å²) < 4.78 is 1.59. The van der Waals surface area contributed by atoms with Crippen molar-refractivity contribution in [3.05, 3.63) is 47.4 Å². The van der Waals surface area contributed by atoms with Gasteiger partial charge in [0.05, 0.1) is 5.69 Å². The first-order chi connectivity index (χ1) is 10.0. The number of carboxylic acids is 1. The van der Waals surface area contributed by atoms with Crippen molar-refractivity contribution in [3.63, 3.8) is 0 Å². The Labute approximate surface area is 121 Å². The number of hydrogen-bond donors (Lipinski definition) is 1. The highest BCUT2D eigenvalue weighted by Crippen LogP contribution is 2.22. The molecule has 0 saturated heterocycles. The third kappa shape index (κ3) is 2.47. The van der Waals surface area contributed by atoms with E-state index in [2.05, 4.69) is 35.0 Å². The standard InChI is InChI=1S/C15H14N4O2/c1-9-3-4-11(7-10(9)2)12-5-6-16-15-17-13(8-14(20)21)18-19(12)15/h3-7H,8H2,1-2H3,(H,20,21). The highest BCUT2D eigenvalue weighted by atomic mass is 16.4. The molecule has 0 amide bonds. The van der Waals surface area contributed by atoms with Gasteiger partial charge in [-0.25, -0.2) is 4.98 Å². The van der Waals surface area contributed by atoms with Crippen molar-refractivity contribution in [2.45, 2.75) is 20.3 Å². The van der Waals surface area contributed by atoms with E-state index in [-0.39, 0.29) is 12.2 Å². The number of aromatic nitrogens is 4. The summed E-state index contributed by atoms with van der Waals surface area (Å²) in [5.74, 6) is -0.299. The molecule has 106 valence electrons. The van der Waals surface area contributed by atoms with E-state index in [9.17, 15) is 4.79 Å². The summed E-state index contributed by atoms with van der Waals surface area (Å²) in [5.41, 5.74) is 4.24. The number of aryl methyl sites for hydroxylation is 2. The number of rotatable bonds is 3. The number of nitrogens with zero attached hydrogens (tertiary/aromatic N) is 4. The minimum absolute atomic E-state index is 0.213. The van der Waals surface area contributed by atoms with Gasteiger partial charge >= 0.3 is 5.97 Å². The molecule has 2 aromatic heterocycles. The van der Waals surface area contributed by atoms with Gasteiger partial charge in [0.25, 0.3) is 5.78 Å². The van der Waals surface area contributed by atoms with Crippen molar-refractivity contribution in [2.24, 2.45) is 0 Å². The molecule has 1 aromatic carbocycles. The molecule has 0 unspecified atom stereocenters. The van der Waals surface area contributed by atoms with E-state index in [1.54, 1.807) is 10.7 Å². The van der Waals surface area contributed by atoms with Crippen molar-refractivity contribution >= 4 is 11.7 Å². The van der Waals surface area contributed by atoms with Gasteiger partial charge in [0.2, 0.25) is 0 Å². The Balaban J connectivity index is 2.15. The zero-order valence-corrected chi connectivity index (χ0v) is 11.7. The van der Waals surface area contributed by atoms with E-state index in [0.29, 0.717) is 5.78 Å². The Bertz CT molecular complexity index is 839. The number of carbonyl (C=O) groups is 1. The first kappa shape index (κ1) is 13.2. The van der Waals surface area contributed by atoms with E-state index in [0.717, 1.165) is 11.3 Å². The molecule has 0 saturated carbocycles. The quantitative estimate of drug-likeness (QED) is 0.795. The van der Waals surface area contributed by atoms with E-state index in [4.69, 9.17) is 5.11 Å². The van der Waals surface area contributed by atoms with Crippen LogP contribution < -0.4 is 0 Å². The molecule has 0 atom stereocenters. The molecule has 21 heavy (non-hydrogen) atoms. The third-order valence-electron chi connectivity index (χ3n) is 3.40. The van der Waals surface area contributed by atoms with E-state index in [1.165, 1.54) is 11.1 Å². The summed E-state index contributed by atoms with van der Waals surface area (Å²) in [6.07, 6.45) is 1.44. The molecule has 1 N–H and O–H groups in total. The first-order valence-electron chi connectivity index (χ1n) is 6.54. The Morgan fingerprint density at radius 1 is 1.24 bits per heavy atom. The van der Waals surface area contributed by atoms with Gasteiger partial charge in [-0.1, -0.05) is 12.1 Å². The number of carboxylic acid groups (broad SMARTS) is 1. The van der Waals surface area contributed by atoms with Crippen LogP contribution >= 0.6 is 0 Å². The maximum absolute atomic E-state index is 10.8. The zero-order valence-electron chi connectivity index (χ0n) is 11.7. The second-order valence-corrected chi connectivity index (χ2v) is 4.94. The summed E-state index contributed by atoms with van der Waals surface area (Å²) >= 11 is 0. The average Bonchev–Trinajstić information content (AvgIpc) is 2.83. The first-order valence-corrected chi connectivity index (χ1v) is 6.54. The fraction of sp³-hybridized carbons (Fsp3) is 0.200. The van der Waals surface area contributed by atoms with Gasteiger partial charge in [0, 0.05) is 11.8 Å². The molecule has 6 nitrogen and oxygen atoms in total. The van der Waals surface area contributed by atoms with Crippen LogP contribution in [0.25, 0.3) is 17.0 Å². The number of hydrogen-bond acceptors (Lipinski definition) is 4. The zero-order chi connectivity index (χ0) is 15.0. The minimum atomic E-state index is -0.960. The van der Waals surface area contributed by atoms with Crippen LogP contribution in [0.4, 0.5) is 0 Å². The van der Waals surface area contributed by atoms with Gasteiger partial charge in [-0.15, -0.1) is 5.10 Å². The smallest absolute Gasteiger partial charge is 0.311 e. The van der Waals surface area contributed by atoms with Crippen LogP contribution in [0.15, 0.2) is 30.5 Å². The van der Waals surface area contributed by atoms with Crippen LogP contribution in [0.1, 0.15) is 17.0 Å². The molecule has 0 aliphatic carbocycles. The van der Waals surface area contributed by atoms with Gasteiger partial charge < -0.3 is 5.11 Å². The monoisotopic (exact) mass is 282 g/mol. The van der Waals surface area contributed by atoms with Crippen LogP contribution in [0.5, 0.6) is 0 Å². The summed E-state index contributed by atoms with van der Waals surface area (Å²) in [6.45, 7) is 4.11. The van der Waals surface area contributed by atoms with Crippen LogP contribution in [0.2, 0.25) is 0 Å². The fourth-order valence-corrected chi connectivity index (χ4v) is 2.17. The van der Waals surface area contributed by atoms with Crippen LogP contribution in [0, 0.1) is 13.8 Å². The Hall–Kier alpha value is -2.76. The lowest BCUT2D eigenvalue weighted by Crippen LogP contribution is -2.02. The minimum Gasteiger partial charge on any atom is -0.481 e. The SMILES string of the molecule is Cc1ccc(-c2ccnc3nc(CC(=O)O)nn23)cc1C. The molecule has 0 bridgehead atoms. The summed E-state index contributed by atoms with van der Waals surface area (Å²) in [4.78, 5) is 19.0. The van der Waals surface area contributed by atoms with E-state index < -0.39 is 5.97 Å². The van der Waals surface area contributed by atoms with Crippen LogP contribution in [0.3, 0.4) is 0 Å². The molecule has 0 radical (unpaired) electrons. The molecular weight excluding hydrogens is 268 g/mol. The Morgan fingerprint density at radius 3 is 2.76 bits per heavy atom. The van der Waals surface area contributed by atoms with Gasteiger partial charge in [-0.3, -0.25) is 4.79 Å². The summed E-state index contributed by atoms with van der Waals surface area (Å²) in [5, 5.41) is 13.1. The predicted molar refractivity (Wildman–Crippen MR) is 77.0 cm³/mol. The molecule has 0 spiro atoms. The molecule has 3 rings (SSSR count). The lowest BCUT2D eigenvalue weighted by molar-refractivity contribution is -0.136. The largest absolute Gasteiger partial charge is 0.481 e. The molecule has 0 aliphatic heterocycles. The molecule has 0 aliphatic rings. The third-order valence-corrected chi connectivity index (χ3v) is 3.40. The number of fused-ring (bicyclic) bond motifs is 1. The van der Waals surface area contributed by atoms with E-state index >= 15 is 0 Å². The van der Waals surface area contributed by atoms with Gasteiger partial charge in [0.1, 0.15) is 6.42 Å². The van der Waals surface area contributed by atoms with Crippen molar-refractivity contribution < 1.29 is 9.90 Å². The van der Waals surface area contributed by atoms with Crippen molar-refractivity contribution in [1.29, 1.82) is 0 Å². The number of aliphatic carboxylic acids is 1. The van der Waals surface area contributed by atoms with Gasteiger partial charge in [-0.05, 0) is 37.1 Å². The van der Waals surface area contributed by atoms with Crippen molar-refractivity contribution in [3.8, 4) is 11.3 Å². The average molecular weight is 282 g/mol. The maximum atomic E-state index is 10.8. The molecule has 0 fully saturated rings. The second-order valence-electron chi connectivity index (χ2n) is 4.94. The van der Waals surface area contributed by atoms with Crippen molar-refractivity contribution in [2.75, 3.05) is 0 Å². The maximum Gasteiger partial charge on any atom is 0.311 e. The Kier molecular flexibility index (Phi) is 3.13. The molecule has 2 heterocycles. The van der Waals surface area contributed by atoms with E-state index in [1.807, 2.05) is 18.2 Å². The van der Waals surface area contributed by atoms with Gasteiger partial charge in [0.15, 0.2) is 5.82 Å². The van der Waals surface area contributed by atoms with Crippen LogP contribution in [-0.4, -0.2) is 30.7 Å². The number of benzene rings is 1. The summed E-state index contributed by atoms with van der Waals surface area (Å²) in [7, 11) is 0. The molecule has 3 aromatic rings. The van der Waals surface area contributed by atoms with Crippen molar-refractivity contribution in [1.82, 2.24) is 19.6 Å². The lowest BCUT2D eigenvalue weighted by Gasteiger charge is -2.06. The molecule has 6 heteroatoms. The second kappa shape index (κ2) is 4.97.